The van der Waals surface area contributed by atoms with Gasteiger partial charge in [-0.25, -0.2) is 9.37 Å². The van der Waals surface area contributed by atoms with Crippen LogP contribution in [0.25, 0.3) is 0 Å². The smallest absolute Gasteiger partial charge is 0.167 e. The van der Waals surface area contributed by atoms with Crippen molar-refractivity contribution in [2.75, 3.05) is 18.2 Å². The van der Waals surface area contributed by atoms with Gasteiger partial charge in [-0.05, 0) is 30.7 Å². The molecule has 0 atom stereocenters. The Morgan fingerprint density at radius 2 is 2.11 bits per heavy atom. The monoisotopic (exact) mass is 247 g/mol. The van der Waals surface area contributed by atoms with Crippen LogP contribution in [0, 0.1) is 12.7 Å². The number of nitrogen functional groups attached to an aromatic ring is 1. The average molecular weight is 247 g/mol. The molecule has 0 saturated heterocycles. The van der Waals surface area contributed by atoms with Crippen molar-refractivity contribution in [2.24, 2.45) is 0 Å². The van der Waals surface area contributed by atoms with Crippen LogP contribution in [-0.4, -0.2) is 12.1 Å². The third-order valence-corrected chi connectivity index (χ3v) is 2.62. The van der Waals surface area contributed by atoms with Gasteiger partial charge in [-0.2, -0.15) is 0 Å². The van der Waals surface area contributed by atoms with Gasteiger partial charge in [0.2, 0.25) is 0 Å². The Labute approximate surface area is 105 Å². The minimum Gasteiger partial charge on any atom is -0.494 e. The molecule has 0 aliphatic rings. The van der Waals surface area contributed by atoms with E-state index in [2.05, 4.69) is 10.3 Å². The summed E-state index contributed by atoms with van der Waals surface area (Å²) in [6.45, 7) is 1.89. The molecular formula is C13H14FN3O. The van der Waals surface area contributed by atoms with Crippen LogP contribution >= 0.6 is 0 Å². The second kappa shape index (κ2) is 4.91. The maximum atomic E-state index is 13.5. The SMILES string of the molecule is COc1ccc(Nc2nccc(C)c2N)cc1F. The van der Waals surface area contributed by atoms with Crippen molar-refractivity contribution in [2.45, 2.75) is 6.92 Å². The van der Waals surface area contributed by atoms with Gasteiger partial charge in [-0.15, -0.1) is 0 Å². The Hall–Kier alpha value is -2.30. The molecule has 2 rings (SSSR count). The molecule has 0 amide bonds. The van der Waals surface area contributed by atoms with E-state index in [1.165, 1.54) is 13.2 Å². The summed E-state index contributed by atoms with van der Waals surface area (Å²) in [4.78, 5) is 4.12. The number of nitrogens with two attached hydrogens (primary N) is 1. The number of hydrogen-bond donors (Lipinski definition) is 2. The van der Waals surface area contributed by atoms with Crippen LogP contribution in [0.1, 0.15) is 5.56 Å². The molecule has 0 bridgehead atoms. The van der Waals surface area contributed by atoms with E-state index in [9.17, 15) is 4.39 Å². The average Bonchev–Trinajstić information content (AvgIpc) is 2.35. The number of methoxy groups -OCH3 is 1. The molecule has 1 aromatic carbocycles. The number of nitrogens with zero attached hydrogens (tertiary/aromatic N) is 1. The fraction of sp³-hybridized carbons (Fsp3) is 0.154. The number of nitrogens with one attached hydrogen (secondary N) is 1. The highest BCUT2D eigenvalue weighted by molar-refractivity contribution is 5.71. The van der Waals surface area contributed by atoms with Gasteiger partial charge in [0.1, 0.15) is 0 Å². The number of anilines is 3. The number of halogens is 1. The van der Waals surface area contributed by atoms with Crippen LogP contribution in [0.15, 0.2) is 30.5 Å². The molecule has 0 aliphatic heterocycles. The van der Waals surface area contributed by atoms with Crippen LogP contribution < -0.4 is 15.8 Å². The number of ether oxygens (including phenoxy) is 1. The first-order chi connectivity index (χ1) is 8.61. The minimum absolute atomic E-state index is 0.200. The summed E-state index contributed by atoms with van der Waals surface area (Å²) in [5.74, 6) is 0.277. The first-order valence-electron chi connectivity index (χ1n) is 5.43. The highest BCUT2D eigenvalue weighted by atomic mass is 19.1. The van der Waals surface area contributed by atoms with E-state index in [1.807, 2.05) is 13.0 Å². The van der Waals surface area contributed by atoms with E-state index >= 15 is 0 Å². The van der Waals surface area contributed by atoms with Gasteiger partial charge >= 0.3 is 0 Å². The molecule has 3 N–H and O–H groups in total. The summed E-state index contributed by atoms with van der Waals surface area (Å²) in [5.41, 5.74) is 7.92. The molecule has 0 aliphatic carbocycles. The first kappa shape index (κ1) is 12.2. The van der Waals surface area contributed by atoms with Gasteiger partial charge in [0.25, 0.3) is 0 Å². The van der Waals surface area contributed by atoms with Gasteiger partial charge in [0.15, 0.2) is 17.4 Å². The molecule has 2 aromatic rings. The summed E-state index contributed by atoms with van der Waals surface area (Å²) in [6.07, 6.45) is 1.65. The van der Waals surface area contributed by atoms with Crippen molar-refractivity contribution in [3.05, 3.63) is 41.8 Å². The zero-order chi connectivity index (χ0) is 13.1. The lowest BCUT2D eigenvalue weighted by atomic mass is 10.2. The predicted octanol–water partition coefficient (Wildman–Crippen LogP) is 2.86. The first-order valence-corrected chi connectivity index (χ1v) is 5.43. The molecule has 94 valence electrons. The molecule has 0 radical (unpaired) electrons. The predicted molar refractivity (Wildman–Crippen MR) is 69.6 cm³/mol. The summed E-state index contributed by atoms with van der Waals surface area (Å²) in [6, 6.07) is 6.40. The number of rotatable bonds is 3. The molecule has 18 heavy (non-hydrogen) atoms. The van der Waals surface area contributed by atoms with Crippen molar-refractivity contribution >= 4 is 17.2 Å². The van der Waals surface area contributed by atoms with E-state index in [1.54, 1.807) is 18.3 Å². The fourth-order valence-corrected chi connectivity index (χ4v) is 1.55. The number of aromatic nitrogens is 1. The second-order valence-corrected chi connectivity index (χ2v) is 3.86. The van der Waals surface area contributed by atoms with Gasteiger partial charge in [-0.3, -0.25) is 0 Å². The summed E-state index contributed by atoms with van der Waals surface area (Å²) in [5, 5.41) is 2.97. The second-order valence-electron chi connectivity index (χ2n) is 3.86. The fourth-order valence-electron chi connectivity index (χ4n) is 1.55. The van der Waals surface area contributed by atoms with Crippen LogP contribution in [0.3, 0.4) is 0 Å². The molecule has 0 fully saturated rings. The van der Waals surface area contributed by atoms with Crippen molar-refractivity contribution in [3.63, 3.8) is 0 Å². The van der Waals surface area contributed by atoms with E-state index in [0.717, 1.165) is 5.56 Å². The van der Waals surface area contributed by atoms with Crippen molar-refractivity contribution in [1.29, 1.82) is 0 Å². The van der Waals surface area contributed by atoms with Gasteiger partial charge in [0, 0.05) is 18.0 Å². The number of hydrogen-bond acceptors (Lipinski definition) is 4. The number of aryl methyl sites for hydroxylation is 1. The molecule has 0 unspecified atom stereocenters. The maximum Gasteiger partial charge on any atom is 0.167 e. The van der Waals surface area contributed by atoms with Crippen LogP contribution in [0.2, 0.25) is 0 Å². The summed E-state index contributed by atoms with van der Waals surface area (Å²) in [7, 11) is 1.42. The summed E-state index contributed by atoms with van der Waals surface area (Å²) >= 11 is 0. The molecule has 0 spiro atoms. The molecule has 1 heterocycles. The Bertz CT molecular complexity index is 572. The Kier molecular flexibility index (Phi) is 3.32. The number of benzene rings is 1. The zero-order valence-corrected chi connectivity index (χ0v) is 10.2. The van der Waals surface area contributed by atoms with E-state index in [0.29, 0.717) is 17.2 Å². The Morgan fingerprint density at radius 1 is 1.33 bits per heavy atom. The quantitative estimate of drug-likeness (QED) is 0.875. The zero-order valence-electron chi connectivity index (χ0n) is 10.2. The van der Waals surface area contributed by atoms with Gasteiger partial charge in [-0.1, -0.05) is 0 Å². The molecule has 4 nitrogen and oxygen atoms in total. The standard InChI is InChI=1S/C13H14FN3O/c1-8-5-6-16-13(12(8)15)17-9-3-4-11(18-2)10(14)7-9/h3-7H,15H2,1-2H3,(H,16,17). The van der Waals surface area contributed by atoms with Crippen LogP contribution in [0.5, 0.6) is 5.75 Å². The Balaban J connectivity index is 2.29. The lowest BCUT2D eigenvalue weighted by Crippen LogP contribution is -2.01. The highest BCUT2D eigenvalue weighted by Gasteiger charge is 2.06. The van der Waals surface area contributed by atoms with Crippen molar-refractivity contribution in [1.82, 2.24) is 4.98 Å². The molecule has 1 aromatic heterocycles. The lowest BCUT2D eigenvalue weighted by molar-refractivity contribution is 0.386. The van der Waals surface area contributed by atoms with E-state index in [-0.39, 0.29) is 5.75 Å². The molecule has 0 saturated carbocycles. The van der Waals surface area contributed by atoms with E-state index in [4.69, 9.17) is 10.5 Å². The minimum atomic E-state index is -0.436. The number of pyridine rings is 1. The normalized spacial score (nSPS) is 10.2. The highest BCUT2D eigenvalue weighted by Crippen LogP contribution is 2.26. The topological polar surface area (TPSA) is 60.2 Å². The Morgan fingerprint density at radius 3 is 2.78 bits per heavy atom. The van der Waals surface area contributed by atoms with Gasteiger partial charge in [0.05, 0.1) is 12.8 Å². The summed E-state index contributed by atoms with van der Waals surface area (Å²) < 4.78 is 18.4. The van der Waals surface area contributed by atoms with Crippen LogP contribution in [-0.2, 0) is 0 Å². The molecule has 5 heteroatoms. The van der Waals surface area contributed by atoms with Gasteiger partial charge < -0.3 is 15.8 Å². The van der Waals surface area contributed by atoms with Crippen molar-refractivity contribution < 1.29 is 9.13 Å². The molecular weight excluding hydrogens is 233 g/mol. The third kappa shape index (κ3) is 2.34. The third-order valence-electron chi connectivity index (χ3n) is 2.62. The van der Waals surface area contributed by atoms with Crippen LogP contribution in [0.4, 0.5) is 21.6 Å². The largest absolute Gasteiger partial charge is 0.494 e. The van der Waals surface area contributed by atoms with E-state index < -0.39 is 5.82 Å². The lowest BCUT2D eigenvalue weighted by Gasteiger charge is -2.10. The maximum absolute atomic E-state index is 13.5. The van der Waals surface area contributed by atoms with Crippen molar-refractivity contribution in [3.8, 4) is 5.75 Å².